The molecule has 1 radical (unpaired) electrons. The second kappa shape index (κ2) is 2.47. The van der Waals surface area contributed by atoms with Crippen LogP contribution in [0.4, 0.5) is 0 Å². The molecule has 1 N–H and O–H groups in total. The van der Waals surface area contributed by atoms with Gasteiger partial charge in [-0.15, -0.1) is 0 Å². The fourth-order valence-corrected chi connectivity index (χ4v) is 0.474. The lowest BCUT2D eigenvalue weighted by molar-refractivity contribution is 0.182. The zero-order valence-corrected chi connectivity index (χ0v) is 4.64. The van der Waals surface area contributed by atoms with Crippen molar-refractivity contribution < 1.29 is 4.74 Å². The molecule has 3 nitrogen and oxygen atoms in total. The molecule has 0 aliphatic heterocycles. The standard InChI is InChI=1S/C5H7N2O/c1-8-3-5-2-6-4-7-5/h2H,3H2,1H3,(H,6,7). The minimum Gasteiger partial charge on any atom is -0.378 e. The normalized spacial score (nSPS) is 9.62. The van der Waals surface area contributed by atoms with Crippen molar-refractivity contribution in [1.82, 2.24) is 9.97 Å². The number of hydrogen-bond donors (Lipinski definition) is 1. The van der Waals surface area contributed by atoms with Gasteiger partial charge >= 0.3 is 0 Å². The van der Waals surface area contributed by atoms with E-state index in [9.17, 15) is 0 Å². The molecule has 8 heavy (non-hydrogen) atoms. The molecule has 1 aromatic rings. The van der Waals surface area contributed by atoms with E-state index in [1.165, 1.54) is 0 Å². The van der Waals surface area contributed by atoms with Gasteiger partial charge in [0, 0.05) is 13.3 Å². The highest BCUT2D eigenvalue weighted by Crippen LogP contribution is 1.89. The summed E-state index contributed by atoms with van der Waals surface area (Å²) in [5, 5.41) is 0. The number of imidazole rings is 1. The Balaban J connectivity index is 2.50. The molecule has 0 aliphatic carbocycles. The van der Waals surface area contributed by atoms with E-state index in [1.54, 1.807) is 13.3 Å². The number of rotatable bonds is 2. The smallest absolute Gasteiger partial charge is 0.173 e. The third-order valence-corrected chi connectivity index (χ3v) is 0.795. The van der Waals surface area contributed by atoms with Gasteiger partial charge in [-0.25, -0.2) is 4.98 Å². The van der Waals surface area contributed by atoms with Crippen LogP contribution < -0.4 is 0 Å². The Labute approximate surface area is 47.7 Å². The summed E-state index contributed by atoms with van der Waals surface area (Å²) in [5.41, 5.74) is 0.882. The molecule has 3 heteroatoms. The summed E-state index contributed by atoms with van der Waals surface area (Å²) < 4.78 is 4.78. The molecule has 0 aromatic carbocycles. The van der Waals surface area contributed by atoms with E-state index in [2.05, 4.69) is 16.3 Å². The molecule has 0 aliphatic rings. The molecule has 0 unspecified atom stereocenters. The van der Waals surface area contributed by atoms with Crippen LogP contribution in [0.5, 0.6) is 0 Å². The van der Waals surface area contributed by atoms with Gasteiger partial charge in [0.2, 0.25) is 0 Å². The Morgan fingerprint density at radius 1 is 2.00 bits per heavy atom. The van der Waals surface area contributed by atoms with Crippen molar-refractivity contribution in [1.29, 1.82) is 0 Å². The molecular weight excluding hydrogens is 104 g/mol. The molecule has 0 saturated carbocycles. The van der Waals surface area contributed by atoms with Crippen LogP contribution in [0.2, 0.25) is 0 Å². The van der Waals surface area contributed by atoms with Gasteiger partial charge in [-0.2, -0.15) is 0 Å². The van der Waals surface area contributed by atoms with Crippen molar-refractivity contribution in [3.63, 3.8) is 0 Å². The van der Waals surface area contributed by atoms with Crippen molar-refractivity contribution in [3.8, 4) is 0 Å². The number of methoxy groups -OCH3 is 1. The van der Waals surface area contributed by atoms with E-state index in [-0.39, 0.29) is 0 Å². The lowest BCUT2D eigenvalue weighted by Gasteiger charge is -1.87. The first-order valence-electron chi connectivity index (χ1n) is 2.33. The Kier molecular flexibility index (Phi) is 1.64. The first kappa shape index (κ1) is 5.31. The SMILES string of the molecule is COCc1c[nH][c]n1. The molecule has 43 valence electrons. The van der Waals surface area contributed by atoms with Crippen LogP contribution >= 0.6 is 0 Å². The lowest BCUT2D eigenvalue weighted by atomic mass is 10.5. The third kappa shape index (κ3) is 1.07. The summed E-state index contributed by atoms with van der Waals surface area (Å²) in [5.74, 6) is 0. The number of aromatic nitrogens is 2. The van der Waals surface area contributed by atoms with Gasteiger partial charge in [-0.3, -0.25) is 0 Å². The maximum atomic E-state index is 4.78. The highest BCUT2D eigenvalue weighted by Gasteiger charge is 1.88. The molecule has 1 heterocycles. The van der Waals surface area contributed by atoms with Crippen molar-refractivity contribution in [3.05, 3.63) is 18.2 Å². The van der Waals surface area contributed by atoms with Crippen molar-refractivity contribution in [2.75, 3.05) is 7.11 Å². The number of nitrogens with zero attached hydrogens (tertiary/aromatic N) is 1. The fraction of sp³-hybridized carbons (Fsp3) is 0.400. The quantitative estimate of drug-likeness (QED) is 0.598. The van der Waals surface area contributed by atoms with Gasteiger partial charge in [0.25, 0.3) is 0 Å². The predicted molar refractivity (Wildman–Crippen MR) is 28.1 cm³/mol. The van der Waals surface area contributed by atoms with Crippen molar-refractivity contribution in [2.45, 2.75) is 6.61 Å². The average molecular weight is 111 g/mol. The molecular formula is C5H7N2O. The van der Waals surface area contributed by atoms with E-state index in [0.717, 1.165) is 5.69 Å². The Morgan fingerprint density at radius 3 is 3.38 bits per heavy atom. The first-order chi connectivity index (χ1) is 3.93. The molecule has 1 aromatic heterocycles. The van der Waals surface area contributed by atoms with E-state index in [0.29, 0.717) is 6.61 Å². The summed E-state index contributed by atoms with van der Waals surface area (Å²) in [6.07, 6.45) is 4.31. The van der Waals surface area contributed by atoms with Crippen LogP contribution in [0.25, 0.3) is 0 Å². The predicted octanol–water partition coefficient (Wildman–Crippen LogP) is 0.356. The van der Waals surface area contributed by atoms with Crippen molar-refractivity contribution >= 4 is 0 Å². The minimum atomic E-state index is 0.556. The maximum Gasteiger partial charge on any atom is 0.173 e. The van der Waals surface area contributed by atoms with Crippen LogP contribution in [-0.2, 0) is 11.3 Å². The second-order valence-corrected chi connectivity index (χ2v) is 1.44. The van der Waals surface area contributed by atoms with Crippen LogP contribution in [0.3, 0.4) is 0 Å². The number of hydrogen-bond acceptors (Lipinski definition) is 2. The molecule has 0 fully saturated rings. The van der Waals surface area contributed by atoms with Gasteiger partial charge in [-0.05, 0) is 0 Å². The topological polar surface area (TPSA) is 37.9 Å². The highest BCUT2D eigenvalue weighted by molar-refractivity contribution is 4.90. The Morgan fingerprint density at radius 2 is 2.88 bits per heavy atom. The zero-order valence-electron chi connectivity index (χ0n) is 4.64. The van der Waals surface area contributed by atoms with E-state index in [1.807, 2.05) is 0 Å². The molecule has 0 saturated heterocycles. The number of aromatic amines is 1. The molecule has 0 amide bonds. The maximum absolute atomic E-state index is 4.78. The van der Waals surface area contributed by atoms with Crippen LogP contribution in [0.1, 0.15) is 5.69 Å². The summed E-state index contributed by atoms with van der Waals surface area (Å²) in [4.78, 5) is 6.50. The van der Waals surface area contributed by atoms with Crippen LogP contribution in [0.15, 0.2) is 6.20 Å². The Hall–Kier alpha value is -0.830. The highest BCUT2D eigenvalue weighted by atomic mass is 16.5. The van der Waals surface area contributed by atoms with E-state index >= 15 is 0 Å². The summed E-state index contributed by atoms with van der Waals surface area (Å²) in [6, 6.07) is 0. The Bertz CT molecular complexity index is 136. The van der Waals surface area contributed by atoms with Gasteiger partial charge in [0.15, 0.2) is 6.33 Å². The summed E-state index contributed by atoms with van der Waals surface area (Å²) in [6.45, 7) is 0.556. The monoisotopic (exact) mass is 111 g/mol. The average Bonchev–Trinajstić information content (AvgIpc) is 2.19. The van der Waals surface area contributed by atoms with Gasteiger partial charge in [0.1, 0.15) is 0 Å². The third-order valence-electron chi connectivity index (χ3n) is 0.795. The fourth-order valence-electron chi connectivity index (χ4n) is 0.474. The first-order valence-corrected chi connectivity index (χ1v) is 2.33. The zero-order chi connectivity index (χ0) is 5.82. The van der Waals surface area contributed by atoms with Gasteiger partial charge in [0.05, 0.1) is 12.3 Å². The minimum absolute atomic E-state index is 0.556. The van der Waals surface area contributed by atoms with Crippen LogP contribution in [-0.4, -0.2) is 17.1 Å². The van der Waals surface area contributed by atoms with E-state index < -0.39 is 0 Å². The van der Waals surface area contributed by atoms with Crippen molar-refractivity contribution in [2.24, 2.45) is 0 Å². The molecule has 0 atom stereocenters. The van der Waals surface area contributed by atoms with Gasteiger partial charge < -0.3 is 9.72 Å². The van der Waals surface area contributed by atoms with Gasteiger partial charge in [-0.1, -0.05) is 0 Å². The number of nitrogens with one attached hydrogen (secondary N) is 1. The second-order valence-electron chi connectivity index (χ2n) is 1.44. The summed E-state index contributed by atoms with van der Waals surface area (Å²) >= 11 is 0. The largest absolute Gasteiger partial charge is 0.378 e. The van der Waals surface area contributed by atoms with E-state index in [4.69, 9.17) is 4.74 Å². The number of ether oxygens (including phenoxy) is 1. The lowest BCUT2D eigenvalue weighted by Crippen LogP contribution is -1.84. The molecule has 0 bridgehead atoms. The van der Waals surface area contributed by atoms with Crippen LogP contribution in [0, 0.1) is 6.33 Å². The molecule has 0 spiro atoms. The summed E-state index contributed by atoms with van der Waals surface area (Å²) in [7, 11) is 1.63. The number of H-pyrrole nitrogens is 1. The molecule has 1 rings (SSSR count).